The zero-order valence-electron chi connectivity index (χ0n) is 9.96. The summed E-state index contributed by atoms with van der Waals surface area (Å²) in [4.78, 5) is 13.4. The molecule has 1 aromatic rings. The maximum absolute atomic E-state index is 11.9. The summed E-state index contributed by atoms with van der Waals surface area (Å²) in [6.07, 6.45) is 0.194. The van der Waals surface area contributed by atoms with E-state index in [9.17, 15) is 9.90 Å². The highest BCUT2D eigenvalue weighted by molar-refractivity contribution is 6.21. The molecule has 2 rings (SSSR count). The number of amides is 1. The van der Waals surface area contributed by atoms with Gasteiger partial charge in [0.2, 0.25) is 0 Å². The Balaban J connectivity index is 1.88. The summed E-state index contributed by atoms with van der Waals surface area (Å²) in [5, 5.41) is 9.08. The molecular formula is C13H16ClNO3. The molecule has 1 amide bonds. The number of likely N-dealkylation sites (tertiary alicyclic amines) is 1. The minimum absolute atomic E-state index is 0.0797. The zero-order chi connectivity index (χ0) is 13.0. The Hall–Kier alpha value is -1.26. The summed E-state index contributed by atoms with van der Waals surface area (Å²) < 4.78 is 5.21. The van der Waals surface area contributed by atoms with Gasteiger partial charge in [-0.05, 0) is 12.0 Å². The molecule has 0 aromatic heterocycles. The lowest BCUT2D eigenvalue weighted by Crippen LogP contribution is -2.38. The van der Waals surface area contributed by atoms with Gasteiger partial charge in [0.1, 0.15) is 6.61 Å². The summed E-state index contributed by atoms with van der Waals surface area (Å²) >= 11 is 5.98. The van der Waals surface area contributed by atoms with E-state index in [1.54, 1.807) is 0 Å². The lowest BCUT2D eigenvalue weighted by atomic mass is 10.2. The number of aliphatic hydroxyl groups is 1. The zero-order valence-corrected chi connectivity index (χ0v) is 10.7. The van der Waals surface area contributed by atoms with Gasteiger partial charge in [0.25, 0.3) is 0 Å². The molecule has 0 aliphatic carbocycles. The predicted octanol–water partition coefficient (Wildman–Crippen LogP) is 2.00. The number of nitrogens with zero attached hydrogens (tertiary/aromatic N) is 1. The van der Waals surface area contributed by atoms with E-state index in [0.717, 1.165) is 5.56 Å². The standard InChI is InChI=1S/C13H16ClNO3/c14-11-6-12(8-16)15(7-11)13(17)18-9-10-4-2-1-3-5-10/h1-5,11-12,16H,6-9H2/t11-,12-/m0/s1. The SMILES string of the molecule is O=C(OCc1ccccc1)N1C[C@@H](Cl)C[C@H]1CO. The van der Waals surface area contributed by atoms with Crippen LogP contribution in [0.25, 0.3) is 0 Å². The highest BCUT2D eigenvalue weighted by Crippen LogP contribution is 2.22. The van der Waals surface area contributed by atoms with Crippen LogP contribution < -0.4 is 0 Å². The number of hydrogen-bond acceptors (Lipinski definition) is 3. The summed E-state index contributed by atoms with van der Waals surface area (Å²) in [5.41, 5.74) is 0.938. The molecule has 1 aliphatic rings. The second-order valence-corrected chi connectivity index (χ2v) is 4.98. The van der Waals surface area contributed by atoms with E-state index in [2.05, 4.69) is 0 Å². The van der Waals surface area contributed by atoms with Gasteiger partial charge >= 0.3 is 6.09 Å². The van der Waals surface area contributed by atoms with E-state index in [1.807, 2.05) is 30.3 Å². The van der Waals surface area contributed by atoms with Crippen LogP contribution in [0.15, 0.2) is 30.3 Å². The first-order valence-electron chi connectivity index (χ1n) is 5.93. The number of ether oxygens (including phenoxy) is 1. The quantitative estimate of drug-likeness (QED) is 0.854. The summed E-state index contributed by atoms with van der Waals surface area (Å²) in [6, 6.07) is 9.26. The summed E-state index contributed by atoms with van der Waals surface area (Å²) in [5.74, 6) is 0. The molecule has 4 nitrogen and oxygen atoms in total. The van der Waals surface area contributed by atoms with E-state index < -0.39 is 6.09 Å². The first-order chi connectivity index (χ1) is 8.70. The van der Waals surface area contributed by atoms with Crippen molar-refractivity contribution >= 4 is 17.7 Å². The van der Waals surface area contributed by atoms with Crippen molar-refractivity contribution in [3.8, 4) is 0 Å². The maximum atomic E-state index is 11.9. The molecule has 0 unspecified atom stereocenters. The molecule has 1 heterocycles. The van der Waals surface area contributed by atoms with Gasteiger partial charge in [-0.3, -0.25) is 0 Å². The van der Waals surface area contributed by atoms with Gasteiger partial charge in [0.05, 0.1) is 18.0 Å². The Morgan fingerprint density at radius 1 is 1.44 bits per heavy atom. The molecular weight excluding hydrogens is 254 g/mol. The van der Waals surface area contributed by atoms with Crippen molar-refractivity contribution in [1.82, 2.24) is 4.90 Å². The summed E-state index contributed by atoms with van der Waals surface area (Å²) in [7, 11) is 0. The molecule has 0 spiro atoms. The average Bonchev–Trinajstić information content (AvgIpc) is 2.78. The molecule has 1 saturated heterocycles. The smallest absolute Gasteiger partial charge is 0.410 e. The van der Waals surface area contributed by atoms with Crippen molar-refractivity contribution < 1.29 is 14.6 Å². The molecule has 0 radical (unpaired) electrons. The molecule has 2 atom stereocenters. The fraction of sp³-hybridized carbons (Fsp3) is 0.462. The number of benzene rings is 1. The van der Waals surface area contributed by atoms with Crippen molar-refractivity contribution in [2.24, 2.45) is 0 Å². The van der Waals surface area contributed by atoms with Crippen LogP contribution in [0.2, 0.25) is 0 Å². The summed E-state index contributed by atoms with van der Waals surface area (Å²) in [6.45, 7) is 0.589. The van der Waals surface area contributed by atoms with Crippen LogP contribution in [0.4, 0.5) is 4.79 Å². The fourth-order valence-electron chi connectivity index (χ4n) is 2.06. The topological polar surface area (TPSA) is 49.8 Å². The van der Waals surface area contributed by atoms with Crippen molar-refractivity contribution in [3.05, 3.63) is 35.9 Å². The predicted molar refractivity (Wildman–Crippen MR) is 68.5 cm³/mol. The highest BCUT2D eigenvalue weighted by atomic mass is 35.5. The molecule has 0 bridgehead atoms. The number of rotatable bonds is 3. The van der Waals surface area contributed by atoms with Gasteiger partial charge in [-0.25, -0.2) is 4.79 Å². The number of carbonyl (C=O) groups is 1. The number of carbonyl (C=O) groups excluding carboxylic acids is 1. The number of alkyl halides is 1. The van der Waals surface area contributed by atoms with E-state index in [0.29, 0.717) is 13.0 Å². The Morgan fingerprint density at radius 3 is 2.83 bits per heavy atom. The van der Waals surface area contributed by atoms with Crippen molar-refractivity contribution in [1.29, 1.82) is 0 Å². The average molecular weight is 270 g/mol. The van der Waals surface area contributed by atoms with Crippen LogP contribution in [0, 0.1) is 0 Å². The highest BCUT2D eigenvalue weighted by Gasteiger charge is 2.34. The largest absolute Gasteiger partial charge is 0.445 e. The third kappa shape index (κ3) is 3.15. The van der Waals surface area contributed by atoms with Gasteiger partial charge in [0, 0.05) is 6.54 Å². The number of aliphatic hydroxyl groups excluding tert-OH is 1. The molecule has 98 valence electrons. The molecule has 0 saturated carbocycles. The minimum Gasteiger partial charge on any atom is -0.445 e. The van der Waals surface area contributed by atoms with Gasteiger partial charge in [-0.15, -0.1) is 11.6 Å². The van der Waals surface area contributed by atoms with Gasteiger partial charge in [0.15, 0.2) is 0 Å². The third-order valence-corrected chi connectivity index (χ3v) is 3.33. The van der Waals surface area contributed by atoms with Crippen LogP contribution in [0.1, 0.15) is 12.0 Å². The van der Waals surface area contributed by atoms with Crippen LogP contribution in [-0.2, 0) is 11.3 Å². The Morgan fingerprint density at radius 2 is 2.17 bits per heavy atom. The van der Waals surface area contributed by atoms with E-state index in [1.165, 1.54) is 4.90 Å². The Labute approximate surface area is 111 Å². The molecule has 1 fully saturated rings. The van der Waals surface area contributed by atoms with Crippen LogP contribution in [0.3, 0.4) is 0 Å². The molecule has 1 N–H and O–H groups in total. The first-order valence-corrected chi connectivity index (χ1v) is 6.36. The van der Waals surface area contributed by atoms with E-state index >= 15 is 0 Å². The Bertz CT molecular complexity index is 398. The molecule has 1 aromatic carbocycles. The van der Waals surface area contributed by atoms with E-state index in [4.69, 9.17) is 16.3 Å². The maximum Gasteiger partial charge on any atom is 0.410 e. The fourth-order valence-corrected chi connectivity index (χ4v) is 2.41. The molecule has 1 aliphatic heterocycles. The Kier molecular flexibility index (Phi) is 4.44. The second-order valence-electron chi connectivity index (χ2n) is 4.36. The number of hydrogen-bond donors (Lipinski definition) is 1. The number of halogens is 1. The molecule has 5 heteroatoms. The van der Waals surface area contributed by atoms with Crippen LogP contribution in [-0.4, -0.2) is 40.7 Å². The van der Waals surface area contributed by atoms with Crippen molar-refractivity contribution in [3.63, 3.8) is 0 Å². The second kappa shape index (κ2) is 6.07. The monoisotopic (exact) mass is 269 g/mol. The third-order valence-electron chi connectivity index (χ3n) is 3.01. The van der Waals surface area contributed by atoms with Gasteiger partial charge < -0.3 is 14.7 Å². The minimum atomic E-state index is -0.416. The normalized spacial score (nSPS) is 23.1. The molecule has 18 heavy (non-hydrogen) atoms. The lowest BCUT2D eigenvalue weighted by Gasteiger charge is -2.22. The first kappa shape index (κ1) is 13.2. The van der Waals surface area contributed by atoms with Crippen molar-refractivity contribution in [2.45, 2.75) is 24.4 Å². The van der Waals surface area contributed by atoms with E-state index in [-0.39, 0.29) is 24.6 Å². The van der Waals surface area contributed by atoms with Crippen LogP contribution >= 0.6 is 11.6 Å². The lowest BCUT2D eigenvalue weighted by molar-refractivity contribution is 0.0796. The van der Waals surface area contributed by atoms with Gasteiger partial charge in [-0.2, -0.15) is 0 Å². The van der Waals surface area contributed by atoms with Gasteiger partial charge in [-0.1, -0.05) is 30.3 Å². The van der Waals surface area contributed by atoms with Crippen molar-refractivity contribution in [2.75, 3.05) is 13.2 Å². The van der Waals surface area contributed by atoms with Crippen LogP contribution in [0.5, 0.6) is 0 Å².